The Bertz CT molecular complexity index is 952. The van der Waals surface area contributed by atoms with Crippen molar-refractivity contribution >= 4 is 21.7 Å². The number of ether oxygens (including phenoxy) is 2. The van der Waals surface area contributed by atoms with Crippen LogP contribution in [0.5, 0.6) is 0 Å². The Labute approximate surface area is 163 Å². The summed E-state index contributed by atoms with van der Waals surface area (Å²) in [6, 6.07) is 14.3. The summed E-state index contributed by atoms with van der Waals surface area (Å²) in [6.45, 7) is 1.70. The zero-order valence-corrected chi connectivity index (χ0v) is 16.2. The Kier molecular flexibility index (Phi) is 6.11. The molecule has 2 aromatic carbocycles. The van der Waals surface area contributed by atoms with Gasteiger partial charge in [0, 0.05) is 24.9 Å². The Morgan fingerprint density at radius 2 is 1.71 bits per heavy atom. The molecule has 1 saturated heterocycles. The summed E-state index contributed by atoms with van der Waals surface area (Å²) >= 11 is 0. The van der Waals surface area contributed by atoms with Gasteiger partial charge in [-0.1, -0.05) is 36.4 Å². The van der Waals surface area contributed by atoms with Crippen molar-refractivity contribution in [3.8, 4) is 0 Å². The minimum atomic E-state index is -3.47. The fourth-order valence-corrected chi connectivity index (χ4v) is 3.53. The highest BCUT2D eigenvalue weighted by Crippen LogP contribution is 2.23. The summed E-state index contributed by atoms with van der Waals surface area (Å²) in [7, 11) is -3.47. The molecule has 3 rings (SSSR count). The van der Waals surface area contributed by atoms with E-state index in [2.05, 4.69) is 0 Å². The number of carbonyl (C=O) groups is 2. The topological polar surface area (TPSA) is 90.0 Å². The molecule has 0 radical (unpaired) electrons. The van der Waals surface area contributed by atoms with Crippen molar-refractivity contribution in [2.24, 2.45) is 0 Å². The highest BCUT2D eigenvalue weighted by molar-refractivity contribution is 7.90. The molecule has 0 N–H and O–H groups in total. The zero-order valence-electron chi connectivity index (χ0n) is 15.4. The van der Waals surface area contributed by atoms with Gasteiger partial charge in [-0.15, -0.1) is 0 Å². The van der Waals surface area contributed by atoms with Crippen molar-refractivity contribution in [3.05, 3.63) is 65.7 Å². The molecule has 1 fully saturated rings. The molecule has 2 aromatic rings. The number of rotatable bonds is 5. The monoisotopic (exact) mass is 403 g/mol. The maximum Gasteiger partial charge on any atom is 0.339 e. The third-order valence-corrected chi connectivity index (χ3v) is 5.48. The SMILES string of the molecule is CS(=O)(=O)c1cccc(C(=O)OC(C(=O)N2CCOCC2)c2ccccc2)c1. The summed E-state index contributed by atoms with van der Waals surface area (Å²) in [5, 5.41) is 0. The maximum absolute atomic E-state index is 13.0. The highest BCUT2D eigenvalue weighted by Gasteiger charge is 2.31. The van der Waals surface area contributed by atoms with Gasteiger partial charge in [-0.3, -0.25) is 4.79 Å². The fourth-order valence-electron chi connectivity index (χ4n) is 2.87. The second-order valence-electron chi connectivity index (χ2n) is 6.43. The number of carbonyl (C=O) groups excluding carboxylic acids is 2. The van der Waals surface area contributed by atoms with Crippen LogP contribution in [0.15, 0.2) is 59.5 Å². The van der Waals surface area contributed by atoms with E-state index in [1.54, 1.807) is 35.2 Å². The molecule has 28 heavy (non-hydrogen) atoms. The molecule has 0 bridgehead atoms. The van der Waals surface area contributed by atoms with Crippen LogP contribution in [-0.2, 0) is 24.1 Å². The number of hydrogen-bond donors (Lipinski definition) is 0. The lowest BCUT2D eigenvalue weighted by atomic mass is 10.1. The zero-order chi connectivity index (χ0) is 20.1. The minimum Gasteiger partial charge on any atom is -0.444 e. The Morgan fingerprint density at radius 1 is 1.04 bits per heavy atom. The third kappa shape index (κ3) is 4.76. The molecule has 8 heteroatoms. The molecule has 1 aliphatic heterocycles. The smallest absolute Gasteiger partial charge is 0.339 e. The molecule has 1 amide bonds. The molecular weight excluding hydrogens is 382 g/mol. The van der Waals surface area contributed by atoms with E-state index in [1.165, 1.54) is 24.3 Å². The number of nitrogens with zero attached hydrogens (tertiary/aromatic N) is 1. The first-order valence-electron chi connectivity index (χ1n) is 8.79. The van der Waals surface area contributed by atoms with Crippen molar-refractivity contribution in [2.45, 2.75) is 11.0 Å². The standard InChI is InChI=1S/C20H21NO6S/c1-28(24,25)17-9-5-8-16(14-17)20(23)27-18(15-6-3-2-4-7-15)19(22)21-10-12-26-13-11-21/h2-9,14,18H,10-13H2,1H3. The van der Waals surface area contributed by atoms with Crippen LogP contribution < -0.4 is 0 Å². The summed E-state index contributed by atoms with van der Waals surface area (Å²) in [5.74, 6) is -1.09. The van der Waals surface area contributed by atoms with Gasteiger partial charge in [-0.2, -0.15) is 0 Å². The molecular formula is C20H21NO6S. The first-order chi connectivity index (χ1) is 13.4. The van der Waals surface area contributed by atoms with E-state index in [9.17, 15) is 18.0 Å². The number of hydrogen-bond acceptors (Lipinski definition) is 6. The van der Waals surface area contributed by atoms with E-state index >= 15 is 0 Å². The van der Waals surface area contributed by atoms with Crippen LogP contribution in [0.4, 0.5) is 0 Å². The average Bonchev–Trinajstić information content (AvgIpc) is 2.72. The van der Waals surface area contributed by atoms with E-state index in [0.717, 1.165) is 6.26 Å². The van der Waals surface area contributed by atoms with Gasteiger partial charge < -0.3 is 14.4 Å². The molecule has 148 valence electrons. The lowest BCUT2D eigenvalue weighted by Gasteiger charge is -2.30. The normalized spacial score (nSPS) is 15.7. The Morgan fingerprint density at radius 3 is 2.36 bits per heavy atom. The second-order valence-corrected chi connectivity index (χ2v) is 8.45. The molecule has 1 heterocycles. The van der Waals surface area contributed by atoms with Crippen molar-refractivity contribution < 1.29 is 27.5 Å². The summed E-state index contributed by atoms with van der Waals surface area (Å²) in [4.78, 5) is 27.3. The van der Waals surface area contributed by atoms with E-state index in [-0.39, 0.29) is 16.4 Å². The van der Waals surface area contributed by atoms with Crippen molar-refractivity contribution in [1.82, 2.24) is 4.90 Å². The van der Waals surface area contributed by atoms with Gasteiger partial charge in [0.1, 0.15) is 0 Å². The fraction of sp³-hybridized carbons (Fsp3) is 0.300. The quantitative estimate of drug-likeness (QED) is 0.708. The van der Waals surface area contributed by atoms with Crippen LogP contribution in [0.2, 0.25) is 0 Å². The number of amides is 1. The molecule has 1 aliphatic rings. The van der Waals surface area contributed by atoms with E-state index < -0.39 is 21.9 Å². The predicted octanol–water partition coefficient (Wildman–Crippen LogP) is 1.85. The van der Waals surface area contributed by atoms with Crippen LogP contribution >= 0.6 is 0 Å². The van der Waals surface area contributed by atoms with E-state index in [1.807, 2.05) is 0 Å². The number of morpholine rings is 1. The minimum absolute atomic E-state index is 0.0118. The molecule has 0 aliphatic carbocycles. The van der Waals surface area contributed by atoms with Crippen LogP contribution in [0.3, 0.4) is 0 Å². The van der Waals surface area contributed by atoms with Crippen LogP contribution in [0.1, 0.15) is 22.0 Å². The first-order valence-corrected chi connectivity index (χ1v) is 10.7. The summed E-state index contributed by atoms with van der Waals surface area (Å²) in [6.07, 6.45) is -0.0553. The Balaban J connectivity index is 1.87. The first kappa shape index (κ1) is 20.0. The molecule has 0 aromatic heterocycles. The molecule has 0 spiro atoms. The second kappa shape index (κ2) is 8.53. The van der Waals surface area contributed by atoms with Gasteiger partial charge in [0.2, 0.25) is 6.10 Å². The predicted molar refractivity (Wildman–Crippen MR) is 102 cm³/mol. The summed E-state index contributed by atoms with van der Waals surface area (Å²) in [5.41, 5.74) is 0.616. The van der Waals surface area contributed by atoms with Crippen LogP contribution in [-0.4, -0.2) is 57.8 Å². The van der Waals surface area contributed by atoms with Gasteiger partial charge in [-0.05, 0) is 18.2 Å². The van der Waals surface area contributed by atoms with Gasteiger partial charge in [-0.25, -0.2) is 13.2 Å². The lowest BCUT2D eigenvalue weighted by Crippen LogP contribution is -2.44. The van der Waals surface area contributed by atoms with Crippen molar-refractivity contribution in [2.75, 3.05) is 32.6 Å². The molecule has 0 saturated carbocycles. The highest BCUT2D eigenvalue weighted by atomic mass is 32.2. The van der Waals surface area contributed by atoms with Crippen LogP contribution in [0.25, 0.3) is 0 Å². The molecule has 1 atom stereocenters. The van der Waals surface area contributed by atoms with Crippen molar-refractivity contribution in [1.29, 1.82) is 0 Å². The van der Waals surface area contributed by atoms with Gasteiger partial charge in [0.25, 0.3) is 5.91 Å². The largest absolute Gasteiger partial charge is 0.444 e. The number of esters is 1. The average molecular weight is 403 g/mol. The Hall–Kier alpha value is -2.71. The van der Waals surface area contributed by atoms with Crippen molar-refractivity contribution in [3.63, 3.8) is 0 Å². The molecule has 7 nitrogen and oxygen atoms in total. The van der Waals surface area contributed by atoms with Crippen LogP contribution in [0, 0.1) is 0 Å². The molecule has 1 unspecified atom stereocenters. The number of benzene rings is 2. The summed E-state index contributed by atoms with van der Waals surface area (Å²) < 4.78 is 34.3. The van der Waals surface area contributed by atoms with E-state index in [0.29, 0.717) is 31.9 Å². The lowest BCUT2D eigenvalue weighted by molar-refractivity contribution is -0.145. The van der Waals surface area contributed by atoms with Gasteiger partial charge in [0.15, 0.2) is 9.84 Å². The number of sulfone groups is 1. The third-order valence-electron chi connectivity index (χ3n) is 4.37. The van der Waals surface area contributed by atoms with Gasteiger partial charge >= 0.3 is 5.97 Å². The van der Waals surface area contributed by atoms with E-state index in [4.69, 9.17) is 9.47 Å². The maximum atomic E-state index is 13.0. The van der Waals surface area contributed by atoms with Gasteiger partial charge in [0.05, 0.1) is 23.7 Å².